The van der Waals surface area contributed by atoms with Gasteiger partial charge in [0.1, 0.15) is 6.26 Å². The third-order valence-corrected chi connectivity index (χ3v) is 5.12. The number of benzene rings is 1. The molecule has 9 nitrogen and oxygen atoms in total. The van der Waals surface area contributed by atoms with E-state index in [0.29, 0.717) is 61.8 Å². The second-order valence-corrected chi connectivity index (χ2v) is 6.97. The van der Waals surface area contributed by atoms with E-state index >= 15 is 0 Å². The summed E-state index contributed by atoms with van der Waals surface area (Å²) in [5, 5.41) is 0.586. The second-order valence-electron chi connectivity index (χ2n) is 6.97. The van der Waals surface area contributed by atoms with E-state index in [9.17, 15) is 9.59 Å². The SMILES string of the molecule is COCCn1cnc2cc(N3CCN(C(=O)c4coc(C)n4)CC3)ccc2c1=O. The Hall–Kier alpha value is -3.20. The van der Waals surface area contributed by atoms with Gasteiger partial charge in [-0.3, -0.25) is 14.2 Å². The molecule has 1 aliphatic heterocycles. The normalized spacial score (nSPS) is 14.6. The lowest BCUT2D eigenvalue weighted by Gasteiger charge is -2.35. The number of ether oxygens (including phenoxy) is 1. The molecule has 0 radical (unpaired) electrons. The Morgan fingerprint density at radius 1 is 1.24 bits per heavy atom. The van der Waals surface area contributed by atoms with Crippen LogP contribution in [0, 0.1) is 6.92 Å². The highest BCUT2D eigenvalue weighted by atomic mass is 16.5. The highest BCUT2D eigenvalue weighted by Crippen LogP contribution is 2.21. The van der Waals surface area contributed by atoms with Crippen molar-refractivity contribution in [3.05, 3.63) is 52.7 Å². The van der Waals surface area contributed by atoms with Gasteiger partial charge in [0.25, 0.3) is 11.5 Å². The molecule has 3 heterocycles. The zero-order valence-corrected chi connectivity index (χ0v) is 16.5. The molecule has 2 aromatic heterocycles. The molecule has 1 saturated heterocycles. The van der Waals surface area contributed by atoms with E-state index in [-0.39, 0.29) is 11.5 Å². The predicted molar refractivity (Wildman–Crippen MR) is 107 cm³/mol. The molecule has 152 valence electrons. The van der Waals surface area contributed by atoms with E-state index in [1.54, 1.807) is 29.8 Å². The fraction of sp³-hybridized carbons (Fsp3) is 0.400. The minimum Gasteiger partial charge on any atom is -0.448 e. The van der Waals surface area contributed by atoms with Crippen molar-refractivity contribution in [3.63, 3.8) is 0 Å². The van der Waals surface area contributed by atoms with Gasteiger partial charge in [-0.2, -0.15) is 0 Å². The van der Waals surface area contributed by atoms with Crippen molar-refractivity contribution in [1.82, 2.24) is 19.4 Å². The summed E-state index contributed by atoms with van der Waals surface area (Å²) in [5.74, 6) is 0.371. The molecular formula is C20H23N5O4. The van der Waals surface area contributed by atoms with Crippen LogP contribution in [0.1, 0.15) is 16.4 Å². The van der Waals surface area contributed by atoms with Crippen molar-refractivity contribution in [1.29, 1.82) is 0 Å². The number of methoxy groups -OCH3 is 1. The second kappa shape index (κ2) is 8.04. The van der Waals surface area contributed by atoms with Crippen LogP contribution < -0.4 is 10.5 Å². The summed E-state index contributed by atoms with van der Waals surface area (Å²) >= 11 is 0. The molecule has 0 spiro atoms. The summed E-state index contributed by atoms with van der Waals surface area (Å²) in [5.41, 5.74) is 1.92. The molecule has 9 heteroatoms. The number of fused-ring (bicyclic) bond motifs is 1. The smallest absolute Gasteiger partial charge is 0.275 e. The number of amides is 1. The molecule has 1 amide bonds. The Morgan fingerprint density at radius 3 is 2.72 bits per heavy atom. The third kappa shape index (κ3) is 3.86. The molecule has 1 fully saturated rings. The molecule has 1 aromatic carbocycles. The molecule has 0 N–H and O–H groups in total. The monoisotopic (exact) mass is 397 g/mol. The number of rotatable bonds is 5. The van der Waals surface area contributed by atoms with Gasteiger partial charge in [0.2, 0.25) is 0 Å². The van der Waals surface area contributed by atoms with Crippen LogP contribution >= 0.6 is 0 Å². The molecule has 4 rings (SSSR count). The van der Waals surface area contributed by atoms with Gasteiger partial charge in [0, 0.05) is 45.9 Å². The Bertz CT molecular complexity index is 1080. The van der Waals surface area contributed by atoms with Gasteiger partial charge in [-0.1, -0.05) is 0 Å². The molecular weight excluding hydrogens is 374 g/mol. The molecule has 0 atom stereocenters. The van der Waals surface area contributed by atoms with Gasteiger partial charge < -0.3 is 19.0 Å². The fourth-order valence-electron chi connectivity index (χ4n) is 3.48. The van der Waals surface area contributed by atoms with Crippen LogP contribution in [0.5, 0.6) is 0 Å². The van der Waals surface area contributed by atoms with Gasteiger partial charge in [0.05, 0.1) is 30.4 Å². The number of hydrogen-bond acceptors (Lipinski definition) is 7. The first-order chi connectivity index (χ1) is 14.1. The quantitative estimate of drug-likeness (QED) is 0.641. The van der Waals surface area contributed by atoms with Crippen LogP contribution in [-0.4, -0.2) is 65.2 Å². The minimum atomic E-state index is -0.113. The van der Waals surface area contributed by atoms with Gasteiger partial charge >= 0.3 is 0 Å². The van der Waals surface area contributed by atoms with Crippen molar-refractivity contribution in [2.75, 3.05) is 44.8 Å². The fourth-order valence-corrected chi connectivity index (χ4v) is 3.48. The number of aromatic nitrogens is 3. The minimum absolute atomic E-state index is 0.0723. The predicted octanol–water partition coefficient (Wildman–Crippen LogP) is 1.30. The van der Waals surface area contributed by atoms with E-state index in [1.807, 2.05) is 18.2 Å². The Morgan fingerprint density at radius 2 is 2.03 bits per heavy atom. The summed E-state index contributed by atoms with van der Waals surface area (Å²) in [7, 11) is 1.60. The number of aryl methyl sites for hydroxylation is 1. The number of nitrogens with zero attached hydrogens (tertiary/aromatic N) is 5. The van der Waals surface area contributed by atoms with E-state index in [0.717, 1.165) is 5.69 Å². The molecule has 29 heavy (non-hydrogen) atoms. The summed E-state index contributed by atoms with van der Waals surface area (Å²) in [6.45, 7) is 5.22. The summed E-state index contributed by atoms with van der Waals surface area (Å²) in [4.78, 5) is 37.6. The Labute approximate surface area is 167 Å². The number of oxazole rings is 1. The summed E-state index contributed by atoms with van der Waals surface area (Å²) in [6, 6.07) is 5.68. The van der Waals surface area contributed by atoms with Gasteiger partial charge in [-0.05, 0) is 18.2 Å². The number of piperazine rings is 1. The van der Waals surface area contributed by atoms with Crippen molar-refractivity contribution in [2.24, 2.45) is 0 Å². The molecule has 1 aliphatic rings. The number of carbonyl (C=O) groups excluding carboxylic acids is 1. The van der Waals surface area contributed by atoms with E-state index in [2.05, 4.69) is 14.9 Å². The average molecular weight is 397 g/mol. The Balaban J connectivity index is 1.47. The van der Waals surface area contributed by atoms with Crippen molar-refractivity contribution < 1.29 is 13.9 Å². The first kappa shape index (κ1) is 19.1. The maximum Gasteiger partial charge on any atom is 0.275 e. The molecule has 3 aromatic rings. The van der Waals surface area contributed by atoms with Crippen LogP contribution in [-0.2, 0) is 11.3 Å². The lowest BCUT2D eigenvalue weighted by molar-refractivity contribution is 0.0741. The van der Waals surface area contributed by atoms with Gasteiger partial charge in [-0.25, -0.2) is 9.97 Å². The Kier molecular flexibility index (Phi) is 5.30. The first-order valence-corrected chi connectivity index (χ1v) is 9.51. The topological polar surface area (TPSA) is 93.7 Å². The first-order valence-electron chi connectivity index (χ1n) is 9.51. The zero-order valence-electron chi connectivity index (χ0n) is 16.5. The molecule has 0 bridgehead atoms. The van der Waals surface area contributed by atoms with Crippen LogP contribution in [0.4, 0.5) is 5.69 Å². The number of carbonyl (C=O) groups is 1. The van der Waals surface area contributed by atoms with Crippen molar-refractivity contribution >= 4 is 22.5 Å². The highest BCUT2D eigenvalue weighted by molar-refractivity contribution is 5.92. The summed E-state index contributed by atoms with van der Waals surface area (Å²) in [6.07, 6.45) is 2.96. The van der Waals surface area contributed by atoms with Crippen LogP contribution in [0.3, 0.4) is 0 Å². The van der Waals surface area contributed by atoms with Crippen molar-refractivity contribution in [3.8, 4) is 0 Å². The lowest BCUT2D eigenvalue weighted by Crippen LogP contribution is -2.48. The van der Waals surface area contributed by atoms with Crippen molar-refractivity contribution in [2.45, 2.75) is 13.5 Å². The van der Waals surface area contributed by atoms with Crippen LogP contribution in [0.15, 0.2) is 40.0 Å². The van der Waals surface area contributed by atoms with Gasteiger partial charge in [0.15, 0.2) is 11.6 Å². The highest BCUT2D eigenvalue weighted by Gasteiger charge is 2.24. The number of hydrogen-bond donors (Lipinski definition) is 0. The van der Waals surface area contributed by atoms with E-state index in [1.165, 1.54) is 6.26 Å². The van der Waals surface area contributed by atoms with Crippen LogP contribution in [0.25, 0.3) is 10.9 Å². The third-order valence-electron chi connectivity index (χ3n) is 5.12. The van der Waals surface area contributed by atoms with Crippen LogP contribution in [0.2, 0.25) is 0 Å². The lowest BCUT2D eigenvalue weighted by atomic mass is 10.2. The maximum atomic E-state index is 12.6. The molecule has 0 unspecified atom stereocenters. The van der Waals surface area contributed by atoms with Gasteiger partial charge in [-0.15, -0.1) is 0 Å². The largest absolute Gasteiger partial charge is 0.448 e. The summed E-state index contributed by atoms with van der Waals surface area (Å²) < 4.78 is 11.7. The van der Waals surface area contributed by atoms with E-state index < -0.39 is 0 Å². The molecule has 0 aliphatic carbocycles. The number of anilines is 1. The zero-order chi connectivity index (χ0) is 20.4. The average Bonchev–Trinajstić information content (AvgIpc) is 3.19. The maximum absolute atomic E-state index is 12.6. The standard InChI is InChI=1S/C20H23N5O4/c1-14-22-18(12-29-14)20(27)24-7-5-23(6-8-24)15-3-4-16-17(11-15)21-13-25(19(16)26)9-10-28-2/h3-4,11-13H,5-10H2,1-2H3. The molecule has 0 saturated carbocycles. The van der Waals surface area contributed by atoms with E-state index in [4.69, 9.17) is 9.15 Å².